The maximum absolute atomic E-state index is 13.0. The minimum Gasteiger partial charge on any atom is -0.322 e. The van der Waals surface area contributed by atoms with Crippen LogP contribution in [0.1, 0.15) is 58.6 Å². The van der Waals surface area contributed by atoms with E-state index in [-0.39, 0.29) is 24.1 Å². The van der Waals surface area contributed by atoms with E-state index in [2.05, 4.69) is 52.7 Å². The summed E-state index contributed by atoms with van der Waals surface area (Å²) in [7, 11) is 0. The van der Waals surface area contributed by atoms with E-state index in [4.69, 9.17) is 0 Å². The van der Waals surface area contributed by atoms with E-state index in [0.717, 1.165) is 18.7 Å². The number of nitrogens with one attached hydrogen (secondary N) is 1. The molecule has 1 aliphatic carbocycles. The topological polar surface area (TPSA) is 69.7 Å². The third-order valence-electron chi connectivity index (χ3n) is 7.86. The lowest BCUT2D eigenvalue weighted by Gasteiger charge is -2.32. The van der Waals surface area contributed by atoms with Crippen molar-refractivity contribution in [1.82, 2.24) is 15.1 Å². The summed E-state index contributed by atoms with van der Waals surface area (Å²) in [6.45, 7) is 2.60. The number of imide groups is 1. The molecular formula is C26H27N3O3. The first kappa shape index (κ1) is 19.7. The van der Waals surface area contributed by atoms with Crippen LogP contribution >= 0.6 is 0 Å². The summed E-state index contributed by atoms with van der Waals surface area (Å²) in [5, 5.41) is 2.37. The van der Waals surface area contributed by atoms with Crippen molar-refractivity contribution in [2.75, 3.05) is 6.54 Å². The van der Waals surface area contributed by atoms with Gasteiger partial charge in [0.25, 0.3) is 5.91 Å². The van der Waals surface area contributed by atoms with Crippen molar-refractivity contribution in [3.63, 3.8) is 0 Å². The summed E-state index contributed by atoms with van der Waals surface area (Å²) in [6.07, 6.45) is 3.10. The Bertz CT molecular complexity index is 1100. The molecule has 164 valence electrons. The molecule has 4 atom stereocenters. The highest BCUT2D eigenvalue weighted by Gasteiger charge is 2.45. The highest BCUT2D eigenvalue weighted by Crippen LogP contribution is 2.48. The zero-order chi connectivity index (χ0) is 21.8. The van der Waals surface area contributed by atoms with Crippen molar-refractivity contribution < 1.29 is 14.4 Å². The maximum Gasteiger partial charge on any atom is 0.255 e. The van der Waals surface area contributed by atoms with Crippen molar-refractivity contribution >= 4 is 17.7 Å². The number of hydrogen-bond acceptors (Lipinski definition) is 4. The minimum atomic E-state index is -0.551. The van der Waals surface area contributed by atoms with Gasteiger partial charge in [0.2, 0.25) is 11.8 Å². The molecule has 3 heterocycles. The zero-order valence-corrected chi connectivity index (χ0v) is 18.0. The van der Waals surface area contributed by atoms with Crippen molar-refractivity contribution in [1.29, 1.82) is 0 Å². The molecule has 3 aliphatic heterocycles. The fourth-order valence-electron chi connectivity index (χ4n) is 6.29. The minimum absolute atomic E-state index is 0.0944. The summed E-state index contributed by atoms with van der Waals surface area (Å²) in [5.41, 5.74) is 4.42. The van der Waals surface area contributed by atoms with Gasteiger partial charge in [0.05, 0.1) is 0 Å². The zero-order valence-electron chi connectivity index (χ0n) is 18.0. The van der Waals surface area contributed by atoms with Crippen LogP contribution in [-0.4, -0.2) is 46.1 Å². The Hall–Kier alpha value is -2.99. The average molecular weight is 430 g/mol. The number of carbonyl (C=O) groups excluding carboxylic acids is 3. The predicted molar refractivity (Wildman–Crippen MR) is 119 cm³/mol. The Kier molecular flexibility index (Phi) is 4.65. The normalized spacial score (nSPS) is 29.5. The average Bonchev–Trinajstić information content (AvgIpc) is 3.47. The van der Waals surface area contributed by atoms with Crippen LogP contribution in [0.4, 0.5) is 0 Å². The molecule has 0 spiro atoms. The van der Waals surface area contributed by atoms with E-state index < -0.39 is 6.04 Å². The van der Waals surface area contributed by atoms with Gasteiger partial charge in [0.15, 0.2) is 0 Å². The monoisotopic (exact) mass is 429 g/mol. The molecule has 2 aromatic rings. The number of amides is 3. The lowest BCUT2D eigenvalue weighted by molar-refractivity contribution is -0.136. The van der Waals surface area contributed by atoms with E-state index in [1.54, 1.807) is 4.90 Å². The van der Waals surface area contributed by atoms with Gasteiger partial charge in [-0.3, -0.25) is 24.6 Å². The van der Waals surface area contributed by atoms with Gasteiger partial charge in [-0.1, -0.05) is 42.5 Å². The van der Waals surface area contributed by atoms with Crippen LogP contribution in [0.25, 0.3) is 0 Å². The molecule has 0 radical (unpaired) electrons. The van der Waals surface area contributed by atoms with Crippen molar-refractivity contribution in [2.24, 2.45) is 5.92 Å². The number of likely N-dealkylation sites (tertiary alicyclic amines) is 1. The van der Waals surface area contributed by atoms with Gasteiger partial charge in [0.1, 0.15) is 6.04 Å². The SMILES string of the molecule is O=C1CCC(N2Cc3cc(C4C[C@H]5C[C@@H]4CN5Cc4ccccc4)ccc3C2=O)C(=O)N1. The first-order chi connectivity index (χ1) is 15.6. The Morgan fingerprint density at radius 3 is 2.59 bits per heavy atom. The molecule has 3 amide bonds. The Balaban J connectivity index is 1.16. The molecule has 3 fully saturated rings. The third kappa shape index (κ3) is 3.25. The number of rotatable bonds is 4. The second kappa shape index (κ2) is 7.55. The van der Waals surface area contributed by atoms with Gasteiger partial charge in [0, 0.05) is 37.7 Å². The molecule has 6 rings (SSSR count). The lowest BCUT2D eigenvalue weighted by atomic mass is 9.86. The van der Waals surface area contributed by atoms with E-state index in [1.165, 1.54) is 24.0 Å². The molecule has 32 heavy (non-hydrogen) atoms. The second-order valence-corrected chi connectivity index (χ2v) is 9.72. The predicted octanol–water partition coefficient (Wildman–Crippen LogP) is 2.83. The van der Waals surface area contributed by atoms with Crippen LogP contribution in [-0.2, 0) is 22.7 Å². The smallest absolute Gasteiger partial charge is 0.255 e. The first-order valence-electron chi connectivity index (χ1n) is 11.6. The molecular weight excluding hydrogens is 402 g/mol. The van der Waals surface area contributed by atoms with Crippen molar-refractivity contribution in [3.05, 3.63) is 70.8 Å². The van der Waals surface area contributed by atoms with E-state index in [1.807, 2.05) is 6.07 Å². The Labute approximate surface area is 187 Å². The van der Waals surface area contributed by atoms with E-state index in [9.17, 15) is 14.4 Å². The number of piperidine rings is 2. The van der Waals surface area contributed by atoms with Crippen LogP contribution in [0.5, 0.6) is 0 Å². The van der Waals surface area contributed by atoms with Crippen LogP contribution in [0.3, 0.4) is 0 Å². The molecule has 1 saturated carbocycles. The van der Waals surface area contributed by atoms with Gasteiger partial charge >= 0.3 is 0 Å². The number of hydrogen-bond donors (Lipinski definition) is 1. The van der Waals surface area contributed by atoms with Crippen LogP contribution in [0.2, 0.25) is 0 Å². The fraction of sp³-hybridized carbons (Fsp3) is 0.423. The Morgan fingerprint density at radius 2 is 1.84 bits per heavy atom. The number of carbonyl (C=O) groups is 3. The molecule has 6 nitrogen and oxygen atoms in total. The number of nitrogens with zero attached hydrogens (tertiary/aromatic N) is 2. The summed E-state index contributed by atoms with van der Waals surface area (Å²) in [4.78, 5) is 41.0. The molecule has 4 aliphatic rings. The van der Waals surface area contributed by atoms with Crippen molar-refractivity contribution in [2.45, 2.75) is 56.8 Å². The van der Waals surface area contributed by atoms with Crippen LogP contribution in [0, 0.1) is 5.92 Å². The van der Waals surface area contributed by atoms with Crippen molar-refractivity contribution in [3.8, 4) is 0 Å². The molecule has 0 aromatic heterocycles. The molecule has 2 saturated heterocycles. The highest BCUT2D eigenvalue weighted by atomic mass is 16.2. The van der Waals surface area contributed by atoms with Gasteiger partial charge in [-0.25, -0.2) is 0 Å². The quantitative estimate of drug-likeness (QED) is 0.759. The fourth-order valence-corrected chi connectivity index (χ4v) is 6.29. The lowest BCUT2D eigenvalue weighted by Crippen LogP contribution is -2.52. The van der Waals surface area contributed by atoms with Gasteiger partial charge < -0.3 is 4.90 Å². The summed E-state index contributed by atoms with van der Waals surface area (Å²) in [6, 6.07) is 17.0. The summed E-state index contributed by atoms with van der Waals surface area (Å²) in [5.74, 6) is 0.495. The van der Waals surface area contributed by atoms with Crippen LogP contribution in [0.15, 0.2) is 48.5 Å². The van der Waals surface area contributed by atoms with Gasteiger partial charge in [-0.15, -0.1) is 0 Å². The van der Waals surface area contributed by atoms with E-state index in [0.29, 0.717) is 36.4 Å². The highest BCUT2D eigenvalue weighted by molar-refractivity contribution is 6.05. The van der Waals surface area contributed by atoms with Gasteiger partial charge in [-0.05, 0) is 53.9 Å². The van der Waals surface area contributed by atoms with E-state index >= 15 is 0 Å². The standard InChI is InChI=1S/C26H27N3O3/c30-24-9-8-23(25(31)27-24)29-15-18-10-17(6-7-21(18)26(29)32)22-12-20-11-19(22)14-28(20)13-16-4-2-1-3-5-16/h1-7,10,19-20,22-23H,8-9,11-15H2,(H,27,30,31)/t19-,20-,22?,23?/m1/s1. The molecule has 2 bridgehead atoms. The third-order valence-corrected chi connectivity index (χ3v) is 7.86. The summed E-state index contributed by atoms with van der Waals surface area (Å²) < 4.78 is 0. The summed E-state index contributed by atoms with van der Waals surface area (Å²) >= 11 is 0. The Morgan fingerprint density at radius 1 is 1.00 bits per heavy atom. The second-order valence-electron chi connectivity index (χ2n) is 9.72. The maximum atomic E-state index is 13.0. The number of benzene rings is 2. The molecule has 2 unspecified atom stereocenters. The number of fused-ring (bicyclic) bond motifs is 3. The van der Waals surface area contributed by atoms with Gasteiger partial charge in [-0.2, -0.15) is 0 Å². The molecule has 2 aromatic carbocycles. The molecule has 1 N–H and O–H groups in total. The van der Waals surface area contributed by atoms with Crippen LogP contribution < -0.4 is 5.32 Å². The molecule has 6 heteroatoms. The largest absolute Gasteiger partial charge is 0.322 e. The first-order valence-corrected chi connectivity index (χ1v) is 11.6.